The quantitative estimate of drug-likeness (QED) is 0.884. The minimum Gasteiger partial charge on any atom is -0.481 e. The van der Waals surface area contributed by atoms with Crippen LogP contribution in [0.4, 0.5) is 4.39 Å². The highest BCUT2D eigenvalue weighted by Gasteiger charge is 2.51. The molecule has 1 saturated heterocycles. The Labute approximate surface area is 139 Å². The molecule has 23 heavy (non-hydrogen) atoms. The summed E-state index contributed by atoms with van der Waals surface area (Å²) in [5, 5.41) is 19.9. The Morgan fingerprint density at radius 1 is 1.35 bits per heavy atom. The van der Waals surface area contributed by atoms with Gasteiger partial charge >= 0.3 is 5.97 Å². The lowest BCUT2D eigenvalue weighted by Gasteiger charge is -2.49. The summed E-state index contributed by atoms with van der Waals surface area (Å²) in [6, 6.07) is 4.73. The van der Waals surface area contributed by atoms with Crippen molar-refractivity contribution < 1.29 is 19.4 Å². The van der Waals surface area contributed by atoms with Crippen molar-refractivity contribution in [2.75, 3.05) is 13.1 Å². The van der Waals surface area contributed by atoms with E-state index in [1.165, 1.54) is 6.07 Å². The van der Waals surface area contributed by atoms with Gasteiger partial charge in [0.05, 0.1) is 11.5 Å². The number of likely N-dealkylation sites (tertiary alicyclic amines) is 1. The fourth-order valence-corrected chi connectivity index (χ4v) is 3.98. The highest BCUT2D eigenvalue weighted by Crippen LogP contribution is 2.46. The third kappa shape index (κ3) is 3.52. The lowest BCUT2D eigenvalue weighted by Crippen LogP contribution is -2.54. The van der Waals surface area contributed by atoms with Crippen LogP contribution >= 0.6 is 11.6 Å². The summed E-state index contributed by atoms with van der Waals surface area (Å²) < 4.78 is 13.8. The zero-order valence-corrected chi connectivity index (χ0v) is 13.6. The fourth-order valence-electron chi connectivity index (χ4n) is 3.82. The smallest absolute Gasteiger partial charge is 0.306 e. The van der Waals surface area contributed by atoms with Gasteiger partial charge in [-0.3, -0.25) is 9.69 Å². The number of carboxylic acids is 1. The molecule has 1 aliphatic heterocycles. The number of nitrogens with zero attached hydrogens (tertiary/aromatic N) is 1. The molecule has 1 aromatic rings. The van der Waals surface area contributed by atoms with Crippen LogP contribution in [0.25, 0.3) is 0 Å². The molecule has 126 valence electrons. The van der Waals surface area contributed by atoms with Gasteiger partial charge in [-0.15, -0.1) is 0 Å². The minimum atomic E-state index is -0.819. The summed E-state index contributed by atoms with van der Waals surface area (Å²) in [4.78, 5) is 13.1. The lowest BCUT2D eigenvalue weighted by molar-refractivity contribution is -0.170. The van der Waals surface area contributed by atoms with Crippen molar-refractivity contribution in [2.24, 2.45) is 11.8 Å². The van der Waals surface area contributed by atoms with Crippen LogP contribution in [0.1, 0.15) is 31.2 Å². The molecule has 0 aromatic heterocycles. The van der Waals surface area contributed by atoms with Crippen molar-refractivity contribution in [3.63, 3.8) is 0 Å². The molecule has 2 aliphatic rings. The summed E-state index contributed by atoms with van der Waals surface area (Å²) >= 11 is 5.76. The normalized spacial score (nSPS) is 29.3. The zero-order valence-electron chi connectivity index (χ0n) is 12.8. The van der Waals surface area contributed by atoms with Gasteiger partial charge in [0.25, 0.3) is 0 Å². The molecule has 1 aromatic carbocycles. The highest BCUT2D eigenvalue weighted by atomic mass is 35.5. The van der Waals surface area contributed by atoms with Gasteiger partial charge in [-0.2, -0.15) is 0 Å². The van der Waals surface area contributed by atoms with Crippen molar-refractivity contribution in [1.82, 2.24) is 4.90 Å². The van der Waals surface area contributed by atoms with E-state index in [-0.39, 0.29) is 11.7 Å². The van der Waals surface area contributed by atoms with Gasteiger partial charge in [-0.1, -0.05) is 17.7 Å². The van der Waals surface area contributed by atoms with Crippen molar-refractivity contribution >= 4 is 17.6 Å². The van der Waals surface area contributed by atoms with E-state index >= 15 is 0 Å². The number of piperidine rings is 1. The van der Waals surface area contributed by atoms with Crippen molar-refractivity contribution in [3.05, 3.63) is 34.6 Å². The van der Waals surface area contributed by atoms with E-state index in [1.54, 1.807) is 12.1 Å². The number of aliphatic hydroxyl groups is 1. The van der Waals surface area contributed by atoms with Crippen LogP contribution < -0.4 is 0 Å². The van der Waals surface area contributed by atoms with Crippen LogP contribution in [0.15, 0.2) is 18.2 Å². The monoisotopic (exact) mass is 341 g/mol. The third-order valence-electron chi connectivity index (χ3n) is 5.31. The number of aliphatic carboxylic acids is 1. The number of rotatable bonds is 4. The van der Waals surface area contributed by atoms with E-state index in [2.05, 4.69) is 4.90 Å². The van der Waals surface area contributed by atoms with Gasteiger partial charge < -0.3 is 10.2 Å². The number of benzene rings is 1. The van der Waals surface area contributed by atoms with E-state index in [9.17, 15) is 14.3 Å². The van der Waals surface area contributed by atoms with Crippen LogP contribution in [-0.2, 0) is 11.3 Å². The molecule has 1 saturated carbocycles. The summed E-state index contributed by atoms with van der Waals surface area (Å²) in [5.41, 5.74) is -0.193. The average molecular weight is 342 g/mol. The molecular formula is C17H21ClFNO3. The van der Waals surface area contributed by atoms with Crippen molar-refractivity contribution in [1.29, 1.82) is 0 Å². The predicted molar refractivity (Wildman–Crippen MR) is 84.7 cm³/mol. The summed E-state index contributed by atoms with van der Waals surface area (Å²) in [7, 11) is 0. The molecule has 0 spiro atoms. The molecule has 1 heterocycles. The first-order chi connectivity index (χ1) is 10.9. The standard InChI is InChI=1S/C17H21ClFNO3/c18-14-2-1-11(15(19)7-14)10-20-5-3-13(4-6-20)17(23)8-12(9-17)16(21)22/h1-2,7,12-13,23H,3-6,8-10H2,(H,21,22). The molecule has 6 heteroatoms. The van der Waals surface area contributed by atoms with Crippen LogP contribution in [-0.4, -0.2) is 39.8 Å². The first-order valence-corrected chi connectivity index (χ1v) is 8.36. The molecule has 0 radical (unpaired) electrons. The van der Waals surface area contributed by atoms with Gasteiger partial charge in [0.1, 0.15) is 5.82 Å². The Morgan fingerprint density at radius 2 is 2.00 bits per heavy atom. The number of carboxylic acid groups (broad SMARTS) is 1. The fraction of sp³-hybridized carbons (Fsp3) is 0.588. The second-order valence-electron chi connectivity index (χ2n) is 6.83. The highest BCUT2D eigenvalue weighted by molar-refractivity contribution is 6.30. The molecule has 3 rings (SSSR count). The van der Waals surface area contributed by atoms with Crippen LogP contribution in [0.3, 0.4) is 0 Å². The molecule has 0 atom stereocenters. The van der Waals surface area contributed by atoms with Crippen molar-refractivity contribution in [3.8, 4) is 0 Å². The molecular weight excluding hydrogens is 321 g/mol. The lowest BCUT2D eigenvalue weighted by atomic mass is 9.62. The van der Waals surface area contributed by atoms with Gasteiger partial charge in [0.15, 0.2) is 0 Å². The number of hydrogen-bond donors (Lipinski definition) is 2. The number of hydrogen-bond acceptors (Lipinski definition) is 3. The first-order valence-electron chi connectivity index (χ1n) is 7.99. The molecule has 0 amide bonds. The Morgan fingerprint density at radius 3 is 2.57 bits per heavy atom. The third-order valence-corrected chi connectivity index (χ3v) is 5.54. The molecule has 2 fully saturated rings. The maximum absolute atomic E-state index is 13.8. The summed E-state index contributed by atoms with van der Waals surface area (Å²) in [6.45, 7) is 2.10. The van der Waals surface area contributed by atoms with Crippen LogP contribution in [0.5, 0.6) is 0 Å². The Bertz CT molecular complexity index is 596. The van der Waals surface area contributed by atoms with Crippen molar-refractivity contribution in [2.45, 2.75) is 37.8 Å². The second kappa shape index (κ2) is 6.38. The average Bonchev–Trinajstić information content (AvgIpc) is 2.47. The maximum atomic E-state index is 13.8. The van der Waals surface area contributed by atoms with E-state index in [1.807, 2.05) is 0 Å². The van der Waals surface area contributed by atoms with E-state index in [0.29, 0.717) is 30.0 Å². The Hall–Kier alpha value is -1.17. The molecule has 0 unspecified atom stereocenters. The summed E-state index contributed by atoms with van der Waals surface area (Å²) in [5.74, 6) is -1.36. The minimum absolute atomic E-state index is 0.143. The SMILES string of the molecule is O=C(O)C1CC(O)(C2CCN(Cc3ccc(Cl)cc3F)CC2)C1. The molecule has 1 aliphatic carbocycles. The van der Waals surface area contributed by atoms with E-state index < -0.39 is 17.5 Å². The number of carbonyl (C=O) groups is 1. The molecule has 0 bridgehead atoms. The zero-order chi connectivity index (χ0) is 16.6. The Balaban J connectivity index is 1.52. The van der Waals surface area contributed by atoms with Crippen LogP contribution in [0, 0.1) is 17.7 Å². The predicted octanol–water partition coefficient (Wildman–Crippen LogP) is 2.92. The van der Waals surface area contributed by atoms with Gasteiger partial charge in [-0.25, -0.2) is 4.39 Å². The number of halogens is 2. The second-order valence-corrected chi connectivity index (χ2v) is 7.27. The van der Waals surface area contributed by atoms with Gasteiger partial charge in [-0.05, 0) is 56.8 Å². The Kier molecular flexibility index (Phi) is 4.63. The van der Waals surface area contributed by atoms with Gasteiger partial charge in [0.2, 0.25) is 0 Å². The van der Waals surface area contributed by atoms with Crippen LogP contribution in [0.2, 0.25) is 5.02 Å². The van der Waals surface area contributed by atoms with Gasteiger partial charge in [0, 0.05) is 17.1 Å². The topological polar surface area (TPSA) is 60.8 Å². The van der Waals surface area contributed by atoms with E-state index in [4.69, 9.17) is 16.7 Å². The van der Waals surface area contributed by atoms with E-state index in [0.717, 1.165) is 25.9 Å². The molecule has 2 N–H and O–H groups in total. The largest absolute Gasteiger partial charge is 0.481 e. The molecule has 4 nitrogen and oxygen atoms in total. The summed E-state index contributed by atoms with van der Waals surface area (Å²) in [6.07, 6.45) is 2.35. The first kappa shape index (κ1) is 16.7. The maximum Gasteiger partial charge on any atom is 0.306 e.